The van der Waals surface area contributed by atoms with Gasteiger partial charge in [0, 0.05) is 19.2 Å². The molecular formula is C11H16N2O4. The number of nitrogens with one attached hydrogen (secondary N) is 1. The number of aliphatic hydroxyl groups is 1. The van der Waals surface area contributed by atoms with E-state index in [9.17, 15) is 10.1 Å². The van der Waals surface area contributed by atoms with Crippen LogP contribution in [-0.4, -0.2) is 30.3 Å². The average molecular weight is 240 g/mol. The van der Waals surface area contributed by atoms with E-state index in [4.69, 9.17) is 9.84 Å². The Bertz CT molecular complexity index is 382. The van der Waals surface area contributed by atoms with Crippen molar-refractivity contribution in [2.75, 3.05) is 20.3 Å². The van der Waals surface area contributed by atoms with Gasteiger partial charge in [-0.05, 0) is 24.6 Å². The molecule has 2 N–H and O–H groups in total. The Kier molecular flexibility index (Phi) is 5.38. The Morgan fingerprint density at radius 3 is 2.82 bits per heavy atom. The number of hydrogen-bond donors (Lipinski definition) is 2. The zero-order valence-corrected chi connectivity index (χ0v) is 9.68. The van der Waals surface area contributed by atoms with Crippen molar-refractivity contribution in [1.82, 2.24) is 5.32 Å². The van der Waals surface area contributed by atoms with Crippen LogP contribution >= 0.6 is 0 Å². The van der Waals surface area contributed by atoms with Gasteiger partial charge >= 0.3 is 0 Å². The van der Waals surface area contributed by atoms with E-state index in [1.54, 1.807) is 6.07 Å². The van der Waals surface area contributed by atoms with Gasteiger partial charge in [-0.2, -0.15) is 0 Å². The molecule has 0 unspecified atom stereocenters. The first-order valence-electron chi connectivity index (χ1n) is 5.31. The van der Waals surface area contributed by atoms with E-state index in [0.717, 1.165) is 5.56 Å². The van der Waals surface area contributed by atoms with E-state index < -0.39 is 4.92 Å². The van der Waals surface area contributed by atoms with Crippen molar-refractivity contribution >= 4 is 5.69 Å². The minimum atomic E-state index is -0.445. The maximum Gasteiger partial charge on any atom is 0.273 e. The summed E-state index contributed by atoms with van der Waals surface area (Å²) in [6.07, 6.45) is 0.659. The summed E-state index contributed by atoms with van der Waals surface area (Å²) >= 11 is 0. The minimum absolute atomic E-state index is 0.0170. The molecule has 0 aromatic heterocycles. The predicted molar refractivity (Wildman–Crippen MR) is 63.1 cm³/mol. The predicted octanol–water partition coefficient (Wildman–Crippen LogP) is 1.08. The van der Waals surface area contributed by atoms with Crippen molar-refractivity contribution < 1.29 is 14.8 Å². The smallest absolute Gasteiger partial charge is 0.273 e. The Balaban J connectivity index is 2.70. The molecule has 1 aromatic rings. The van der Waals surface area contributed by atoms with E-state index >= 15 is 0 Å². The molecule has 0 aliphatic carbocycles. The molecule has 0 heterocycles. The van der Waals surface area contributed by atoms with E-state index in [2.05, 4.69) is 5.32 Å². The van der Waals surface area contributed by atoms with Gasteiger partial charge in [0.1, 0.15) is 5.75 Å². The van der Waals surface area contributed by atoms with Gasteiger partial charge in [0.25, 0.3) is 5.69 Å². The first-order valence-corrected chi connectivity index (χ1v) is 5.31. The lowest BCUT2D eigenvalue weighted by molar-refractivity contribution is -0.385. The van der Waals surface area contributed by atoms with Crippen LogP contribution in [0.15, 0.2) is 18.2 Å². The largest absolute Gasteiger partial charge is 0.496 e. The van der Waals surface area contributed by atoms with Crippen LogP contribution in [0.1, 0.15) is 12.0 Å². The van der Waals surface area contributed by atoms with Crippen LogP contribution in [0.5, 0.6) is 5.75 Å². The van der Waals surface area contributed by atoms with Gasteiger partial charge in [-0.15, -0.1) is 0 Å². The number of hydrogen-bond acceptors (Lipinski definition) is 5. The summed E-state index contributed by atoms with van der Waals surface area (Å²) in [5, 5.41) is 22.4. The number of aliphatic hydroxyl groups excluding tert-OH is 1. The molecule has 0 radical (unpaired) electrons. The van der Waals surface area contributed by atoms with Crippen LogP contribution < -0.4 is 10.1 Å². The molecule has 0 aliphatic heterocycles. The number of non-ortho nitro benzene ring substituents is 1. The topological polar surface area (TPSA) is 84.6 Å². The first-order chi connectivity index (χ1) is 8.17. The average Bonchev–Trinajstić information content (AvgIpc) is 2.34. The standard InChI is InChI=1S/C11H16N2O4/c1-17-11-6-9(8-12-3-2-4-14)5-10(7-11)13(15)16/h5-7,12,14H,2-4,8H2,1H3. The van der Waals surface area contributed by atoms with E-state index in [0.29, 0.717) is 25.3 Å². The van der Waals surface area contributed by atoms with E-state index in [1.807, 2.05) is 0 Å². The fourth-order valence-corrected chi connectivity index (χ4v) is 1.41. The lowest BCUT2D eigenvalue weighted by Gasteiger charge is -2.06. The molecule has 0 aliphatic rings. The molecule has 0 saturated heterocycles. The van der Waals surface area contributed by atoms with Crippen LogP contribution in [0.3, 0.4) is 0 Å². The molecule has 0 amide bonds. The van der Waals surface area contributed by atoms with Crippen LogP contribution in [0, 0.1) is 10.1 Å². The molecule has 0 saturated carbocycles. The van der Waals surface area contributed by atoms with Gasteiger partial charge in [0.2, 0.25) is 0 Å². The van der Waals surface area contributed by atoms with Gasteiger partial charge in [0.15, 0.2) is 0 Å². The minimum Gasteiger partial charge on any atom is -0.496 e. The third kappa shape index (κ3) is 4.38. The third-order valence-electron chi connectivity index (χ3n) is 2.24. The highest BCUT2D eigenvalue weighted by molar-refractivity contribution is 5.42. The number of ether oxygens (including phenoxy) is 1. The third-order valence-corrected chi connectivity index (χ3v) is 2.24. The van der Waals surface area contributed by atoms with Crippen molar-refractivity contribution in [3.63, 3.8) is 0 Å². The maximum absolute atomic E-state index is 10.7. The second-order valence-corrected chi connectivity index (χ2v) is 3.55. The van der Waals surface area contributed by atoms with Crippen molar-refractivity contribution in [2.45, 2.75) is 13.0 Å². The number of nitro benzene ring substituents is 1. The number of rotatable bonds is 7. The molecular weight excluding hydrogens is 224 g/mol. The second-order valence-electron chi connectivity index (χ2n) is 3.55. The lowest BCUT2D eigenvalue weighted by atomic mass is 10.2. The molecule has 0 spiro atoms. The van der Waals surface area contributed by atoms with Crippen molar-refractivity contribution in [3.8, 4) is 5.75 Å². The molecule has 1 aromatic carbocycles. The molecule has 6 heteroatoms. The van der Waals surface area contributed by atoms with Gasteiger partial charge < -0.3 is 15.2 Å². The summed E-state index contributed by atoms with van der Waals surface area (Å²) in [4.78, 5) is 10.2. The highest BCUT2D eigenvalue weighted by Crippen LogP contribution is 2.22. The Hall–Kier alpha value is -1.66. The number of nitro groups is 1. The maximum atomic E-state index is 10.7. The molecule has 0 fully saturated rings. The molecule has 0 atom stereocenters. The van der Waals surface area contributed by atoms with Gasteiger partial charge in [-0.25, -0.2) is 0 Å². The van der Waals surface area contributed by atoms with Crippen molar-refractivity contribution in [1.29, 1.82) is 0 Å². The molecule has 0 bridgehead atoms. The normalized spacial score (nSPS) is 10.2. The SMILES string of the molecule is COc1cc(CNCCCO)cc([N+](=O)[O-])c1. The van der Waals surface area contributed by atoms with Gasteiger partial charge in [0.05, 0.1) is 18.1 Å². The van der Waals surface area contributed by atoms with Gasteiger partial charge in [-0.3, -0.25) is 10.1 Å². The summed E-state index contributed by atoms with van der Waals surface area (Å²) < 4.78 is 5.00. The number of methoxy groups -OCH3 is 1. The molecule has 6 nitrogen and oxygen atoms in total. The zero-order chi connectivity index (χ0) is 12.7. The fraction of sp³-hybridized carbons (Fsp3) is 0.455. The Morgan fingerprint density at radius 1 is 1.47 bits per heavy atom. The van der Waals surface area contributed by atoms with Crippen molar-refractivity contribution in [2.24, 2.45) is 0 Å². The van der Waals surface area contributed by atoms with Crippen LogP contribution in [-0.2, 0) is 6.54 Å². The van der Waals surface area contributed by atoms with Crippen LogP contribution in [0.2, 0.25) is 0 Å². The summed E-state index contributed by atoms with van der Waals surface area (Å²) in [6.45, 7) is 1.31. The van der Waals surface area contributed by atoms with Gasteiger partial charge in [-0.1, -0.05) is 0 Å². The molecule has 1 rings (SSSR count). The molecule has 17 heavy (non-hydrogen) atoms. The number of benzene rings is 1. The quantitative estimate of drug-likeness (QED) is 0.423. The molecule has 94 valence electrons. The van der Waals surface area contributed by atoms with Crippen LogP contribution in [0.4, 0.5) is 5.69 Å². The fourth-order valence-electron chi connectivity index (χ4n) is 1.41. The lowest BCUT2D eigenvalue weighted by Crippen LogP contribution is -2.15. The summed E-state index contributed by atoms with van der Waals surface area (Å²) in [5.41, 5.74) is 0.803. The highest BCUT2D eigenvalue weighted by atomic mass is 16.6. The van der Waals surface area contributed by atoms with Crippen LogP contribution in [0.25, 0.3) is 0 Å². The van der Waals surface area contributed by atoms with E-state index in [-0.39, 0.29) is 12.3 Å². The Labute approximate surface area is 99.4 Å². The summed E-state index contributed by atoms with van der Waals surface area (Å²) in [6, 6.07) is 4.64. The monoisotopic (exact) mass is 240 g/mol. The first kappa shape index (κ1) is 13.4. The Morgan fingerprint density at radius 2 is 2.24 bits per heavy atom. The van der Waals surface area contributed by atoms with Crippen molar-refractivity contribution in [3.05, 3.63) is 33.9 Å². The summed E-state index contributed by atoms with van der Waals surface area (Å²) in [7, 11) is 1.47. The highest BCUT2D eigenvalue weighted by Gasteiger charge is 2.09. The van der Waals surface area contributed by atoms with E-state index in [1.165, 1.54) is 19.2 Å². The summed E-state index contributed by atoms with van der Waals surface area (Å²) in [5.74, 6) is 0.471. The zero-order valence-electron chi connectivity index (χ0n) is 9.68. The number of nitrogens with zero attached hydrogens (tertiary/aromatic N) is 1. The second kappa shape index (κ2) is 6.82.